The molecule has 0 radical (unpaired) electrons. The van der Waals surface area contributed by atoms with Gasteiger partial charge in [-0.05, 0) is 68.0 Å². The smallest absolute Gasteiger partial charge is 0.407 e. The number of rotatable bonds is 11. The van der Waals surface area contributed by atoms with Gasteiger partial charge in [0.15, 0.2) is 0 Å². The number of alkyl carbamates (subject to hydrolysis) is 1. The van der Waals surface area contributed by atoms with Gasteiger partial charge in [0.1, 0.15) is 11.4 Å². The number of nitrogens with one attached hydrogen (secondary N) is 3. The predicted molar refractivity (Wildman–Crippen MR) is 146 cm³/mol. The maximum absolute atomic E-state index is 12.3. The van der Waals surface area contributed by atoms with Crippen LogP contribution in [0, 0.1) is 0 Å². The SMILES string of the molecule is CC(C)(C)OC(=O)NCCC(=O)NCc1cccc(NC(=O)CCCOc2ccc(C(C)(C)C)cc2)c1. The third-order valence-corrected chi connectivity index (χ3v) is 5.26. The van der Waals surface area contributed by atoms with E-state index in [0.717, 1.165) is 11.3 Å². The second-order valence-corrected chi connectivity index (χ2v) is 10.9. The Kier molecular flexibility index (Phi) is 11.0. The van der Waals surface area contributed by atoms with Gasteiger partial charge in [-0.25, -0.2) is 4.79 Å². The summed E-state index contributed by atoms with van der Waals surface area (Å²) in [6.07, 6.45) is 0.523. The van der Waals surface area contributed by atoms with Gasteiger partial charge in [-0.2, -0.15) is 0 Å². The van der Waals surface area contributed by atoms with Crippen molar-refractivity contribution in [2.24, 2.45) is 0 Å². The molecular weight excluding hydrogens is 470 g/mol. The summed E-state index contributed by atoms with van der Waals surface area (Å²) in [5.41, 5.74) is 2.28. The lowest BCUT2D eigenvalue weighted by Gasteiger charge is -2.19. The molecule has 0 saturated carbocycles. The van der Waals surface area contributed by atoms with Crippen molar-refractivity contribution in [3.8, 4) is 5.75 Å². The lowest BCUT2D eigenvalue weighted by atomic mass is 9.87. The second kappa shape index (κ2) is 13.7. The first-order valence-corrected chi connectivity index (χ1v) is 12.7. The molecule has 8 heteroatoms. The zero-order valence-electron chi connectivity index (χ0n) is 22.9. The molecule has 0 unspecified atom stereocenters. The first-order chi connectivity index (χ1) is 17.3. The summed E-state index contributed by atoms with van der Waals surface area (Å²) in [7, 11) is 0. The highest BCUT2D eigenvalue weighted by Gasteiger charge is 2.16. The van der Waals surface area contributed by atoms with E-state index < -0.39 is 11.7 Å². The molecule has 2 aromatic carbocycles. The van der Waals surface area contributed by atoms with Gasteiger partial charge in [-0.15, -0.1) is 0 Å². The summed E-state index contributed by atoms with van der Waals surface area (Å²) in [5, 5.41) is 8.26. The quantitative estimate of drug-likeness (QED) is 0.355. The Morgan fingerprint density at radius 3 is 2.19 bits per heavy atom. The number of benzene rings is 2. The van der Waals surface area contributed by atoms with Crippen LogP contribution in [0.2, 0.25) is 0 Å². The van der Waals surface area contributed by atoms with E-state index in [4.69, 9.17) is 9.47 Å². The second-order valence-electron chi connectivity index (χ2n) is 10.9. The van der Waals surface area contributed by atoms with E-state index in [9.17, 15) is 14.4 Å². The fraction of sp³-hybridized carbons (Fsp3) is 0.483. The summed E-state index contributed by atoms with van der Waals surface area (Å²) in [4.78, 5) is 36.0. The Morgan fingerprint density at radius 2 is 1.54 bits per heavy atom. The Labute approximate surface area is 220 Å². The Balaban J connectivity index is 1.67. The monoisotopic (exact) mass is 511 g/mol. The maximum Gasteiger partial charge on any atom is 0.407 e. The van der Waals surface area contributed by atoms with Crippen LogP contribution in [0.4, 0.5) is 10.5 Å². The molecule has 0 atom stereocenters. The average molecular weight is 512 g/mol. The lowest BCUT2D eigenvalue weighted by molar-refractivity contribution is -0.121. The molecule has 3 N–H and O–H groups in total. The zero-order valence-corrected chi connectivity index (χ0v) is 22.9. The summed E-state index contributed by atoms with van der Waals surface area (Å²) >= 11 is 0. The Hall–Kier alpha value is -3.55. The largest absolute Gasteiger partial charge is 0.494 e. The van der Waals surface area contributed by atoms with Gasteiger partial charge in [-0.3, -0.25) is 9.59 Å². The average Bonchev–Trinajstić information content (AvgIpc) is 2.79. The fourth-order valence-corrected chi connectivity index (χ4v) is 3.34. The van der Waals surface area contributed by atoms with E-state index in [1.807, 2.05) is 30.3 Å². The minimum absolute atomic E-state index is 0.0962. The van der Waals surface area contributed by atoms with Crippen LogP contribution < -0.4 is 20.7 Å². The number of hydrogen-bond donors (Lipinski definition) is 3. The molecule has 202 valence electrons. The molecule has 0 saturated heterocycles. The van der Waals surface area contributed by atoms with Crippen LogP contribution in [-0.2, 0) is 26.3 Å². The van der Waals surface area contributed by atoms with Crippen LogP contribution in [0.5, 0.6) is 5.75 Å². The number of hydrogen-bond acceptors (Lipinski definition) is 5. The number of anilines is 1. The van der Waals surface area contributed by atoms with Crippen molar-refractivity contribution in [2.45, 2.75) is 78.4 Å². The molecule has 2 rings (SSSR count). The van der Waals surface area contributed by atoms with Crippen molar-refractivity contribution in [1.82, 2.24) is 10.6 Å². The van der Waals surface area contributed by atoms with E-state index in [1.165, 1.54) is 5.56 Å². The molecule has 0 fully saturated rings. The fourth-order valence-electron chi connectivity index (χ4n) is 3.34. The molecular formula is C29H41N3O5. The molecule has 2 aromatic rings. The van der Waals surface area contributed by atoms with Crippen LogP contribution in [0.3, 0.4) is 0 Å². The molecule has 0 aliphatic heterocycles. The number of carbonyl (C=O) groups excluding carboxylic acids is 3. The van der Waals surface area contributed by atoms with Crippen LogP contribution in [0.1, 0.15) is 71.9 Å². The predicted octanol–water partition coefficient (Wildman–Crippen LogP) is 5.31. The van der Waals surface area contributed by atoms with Gasteiger partial charge < -0.3 is 25.4 Å². The van der Waals surface area contributed by atoms with E-state index in [-0.39, 0.29) is 30.2 Å². The first kappa shape index (κ1) is 29.7. The molecule has 0 heterocycles. The van der Waals surface area contributed by atoms with Gasteiger partial charge in [0.2, 0.25) is 11.8 Å². The maximum atomic E-state index is 12.3. The molecule has 0 spiro atoms. The number of amides is 3. The van der Waals surface area contributed by atoms with Crippen LogP contribution in [-0.4, -0.2) is 36.7 Å². The van der Waals surface area contributed by atoms with E-state index in [2.05, 4.69) is 48.9 Å². The van der Waals surface area contributed by atoms with Gasteiger partial charge in [0.25, 0.3) is 0 Å². The molecule has 0 aliphatic carbocycles. The molecule has 3 amide bonds. The van der Waals surface area contributed by atoms with E-state index in [1.54, 1.807) is 26.8 Å². The minimum Gasteiger partial charge on any atom is -0.494 e. The van der Waals surface area contributed by atoms with Gasteiger partial charge in [-0.1, -0.05) is 45.0 Å². The molecule has 37 heavy (non-hydrogen) atoms. The normalized spacial score (nSPS) is 11.4. The van der Waals surface area contributed by atoms with Gasteiger partial charge >= 0.3 is 6.09 Å². The summed E-state index contributed by atoms with van der Waals surface area (Å²) < 4.78 is 10.9. The van der Waals surface area contributed by atoms with Crippen LogP contribution >= 0.6 is 0 Å². The summed E-state index contributed by atoms with van der Waals surface area (Å²) in [5.74, 6) is 0.503. The van der Waals surface area contributed by atoms with Crippen molar-refractivity contribution >= 4 is 23.6 Å². The standard InChI is InChI=1S/C29H41N3O5/c1-28(2,3)22-12-14-24(15-13-22)36-18-8-11-26(34)32-23-10-7-9-21(19-23)20-31-25(33)16-17-30-27(35)37-29(4,5)6/h7,9-10,12-15,19H,8,11,16-18,20H2,1-6H3,(H,30,35)(H,31,33)(H,32,34). The highest BCUT2D eigenvalue weighted by atomic mass is 16.6. The Morgan fingerprint density at radius 1 is 0.838 bits per heavy atom. The minimum atomic E-state index is -0.584. The molecule has 0 aliphatic rings. The first-order valence-electron chi connectivity index (χ1n) is 12.7. The van der Waals surface area contributed by atoms with Crippen LogP contribution in [0.25, 0.3) is 0 Å². The number of carbonyl (C=O) groups is 3. The molecule has 0 aromatic heterocycles. The summed E-state index contributed by atoms with van der Waals surface area (Å²) in [6.45, 7) is 12.8. The number of ether oxygens (including phenoxy) is 2. The third kappa shape index (κ3) is 12.3. The van der Waals surface area contributed by atoms with Gasteiger partial charge in [0, 0.05) is 31.6 Å². The Bertz CT molecular complexity index is 1040. The lowest BCUT2D eigenvalue weighted by Crippen LogP contribution is -2.35. The zero-order chi connectivity index (χ0) is 27.5. The van der Waals surface area contributed by atoms with Crippen molar-refractivity contribution in [3.63, 3.8) is 0 Å². The van der Waals surface area contributed by atoms with E-state index >= 15 is 0 Å². The highest BCUT2D eigenvalue weighted by molar-refractivity contribution is 5.90. The van der Waals surface area contributed by atoms with Crippen molar-refractivity contribution in [2.75, 3.05) is 18.5 Å². The topological polar surface area (TPSA) is 106 Å². The summed E-state index contributed by atoms with van der Waals surface area (Å²) in [6, 6.07) is 15.4. The molecule has 8 nitrogen and oxygen atoms in total. The van der Waals surface area contributed by atoms with E-state index in [0.29, 0.717) is 31.7 Å². The van der Waals surface area contributed by atoms with Crippen LogP contribution in [0.15, 0.2) is 48.5 Å². The van der Waals surface area contributed by atoms with Crippen molar-refractivity contribution in [1.29, 1.82) is 0 Å². The molecule has 0 bridgehead atoms. The third-order valence-electron chi connectivity index (χ3n) is 5.26. The highest BCUT2D eigenvalue weighted by Crippen LogP contribution is 2.24. The van der Waals surface area contributed by atoms with Crippen molar-refractivity contribution in [3.05, 3.63) is 59.7 Å². The van der Waals surface area contributed by atoms with Crippen molar-refractivity contribution < 1.29 is 23.9 Å². The van der Waals surface area contributed by atoms with Gasteiger partial charge in [0.05, 0.1) is 6.61 Å².